The molecule has 0 saturated heterocycles. The highest BCUT2D eigenvalue weighted by atomic mass is 16.5. The monoisotopic (exact) mass is 324 g/mol. The van der Waals surface area contributed by atoms with Crippen LogP contribution in [0.25, 0.3) is 0 Å². The van der Waals surface area contributed by atoms with Crippen LogP contribution in [0.5, 0.6) is 5.75 Å². The summed E-state index contributed by atoms with van der Waals surface area (Å²) < 4.78 is 6.50. The molecule has 122 valence electrons. The van der Waals surface area contributed by atoms with Crippen LogP contribution in [0.15, 0.2) is 29.1 Å². The van der Waals surface area contributed by atoms with E-state index in [1.165, 1.54) is 0 Å². The first-order valence-corrected chi connectivity index (χ1v) is 7.25. The van der Waals surface area contributed by atoms with Crippen molar-refractivity contribution < 1.29 is 9.84 Å². The zero-order valence-electron chi connectivity index (χ0n) is 13.4. The average Bonchev–Trinajstić information content (AvgIpc) is 2.59. The second-order valence-corrected chi connectivity index (χ2v) is 5.29. The number of rotatable bonds is 5. The van der Waals surface area contributed by atoms with Crippen molar-refractivity contribution in [3.05, 3.63) is 57.0 Å². The number of aromatic nitrogens is 2. The van der Waals surface area contributed by atoms with E-state index in [1.807, 2.05) is 12.1 Å². The predicted molar refractivity (Wildman–Crippen MR) is 85.3 cm³/mol. The molecule has 1 atom stereocenters. The fourth-order valence-electron chi connectivity index (χ4n) is 2.10. The normalized spacial score (nSPS) is 11.4. The van der Waals surface area contributed by atoms with E-state index < -0.39 is 11.7 Å². The van der Waals surface area contributed by atoms with Gasteiger partial charge in [0, 0.05) is 0 Å². The zero-order chi connectivity index (χ0) is 17.7. The molecule has 0 aliphatic carbocycles. The maximum atomic E-state index is 12.1. The highest BCUT2D eigenvalue weighted by molar-refractivity contribution is 5.36. The topological polar surface area (TPSA) is 112 Å². The smallest absolute Gasteiger partial charge is 0.285 e. The first kappa shape index (κ1) is 17.2. The van der Waals surface area contributed by atoms with Crippen LogP contribution < -0.4 is 10.3 Å². The Morgan fingerprint density at radius 3 is 2.50 bits per heavy atom. The number of aliphatic hydroxyl groups is 1. The van der Waals surface area contributed by atoms with Crippen molar-refractivity contribution in [3.63, 3.8) is 0 Å². The molecule has 0 amide bonds. The third-order valence-corrected chi connectivity index (χ3v) is 3.56. The molecule has 1 N–H and O–H groups in total. The summed E-state index contributed by atoms with van der Waals surface area (Å²) in [5.41, 5.74) is 1.12. The van der Waals surface area contributed by atoms with E-state index >= 15 is 0 Å². The molecule has 1 aromatic heterocycles. The molecule has 7 heteroatoms. The van der Waals surface area contributed by atoms with Crippen LogP contribution in [-0.2, 0) is 6.54 Å². The van der Waals surface area contributed by atoms with Crippen molar-refractivity contribution in [1.82, 2.24) is 9.78 Å². The zero-order valence-corrected chi connectivity index (χ0v) is 13.4. The Morgan fingerprint density at radius 1 is 1.25 bits per heavy atom. The molecule has 1 heterocycles. The standard InChI is InChI=1S/C17H16N4O3/c1-11-12(2)20-21(17(23)16(11)8-19)9-14(22)10-24-15-5-3-13(7-18)4-6-15/h3-6,14,22H,9-10H2,1-2H3. The summed E-state index contributed by atoms with van der Waals surface area (Å²) in [5.74, 6) is 0.506. The molecule has 0 saturated carbocycles. The van der Waals surface area contributed by atoms with Crippen molar-refractivity contribution >= 4 is 0 Å². The van der Waals surface area contributed by atoms with Gasteiger partial charge in [-0.05, 0) is 43.7 Å². The van der Waals surface area contributed by atoms with Crippen LogP contribution >= 0.6 is 0 Å². The summed E-state index contributed by atoms with van der Waals surface area (Å²) in [5, 5.41) is 32.0. The lowest BCUT2D eigenvalue weighted by Crippen LogP contribution is -2.34. The quantitative estimate of drug-likeness (QED) is 0.879. The van der Waals surface area contributed by atoms with Crippen molar-refractivity contribution in [2.75, 3.05) is 6.61 Å². The summed E-state index contributed by atoms with van der Waals surface area (Å²) in [6.45, 7) is 3.24. The van der Waals surface area contributed by atoms with Crippen molar-refractivity contribution in [2.24, 2.45) is 0 Å². The van der Waals surface area contributed by atoms with Gasteiger partial charge in [-0.25, -0.2) is 4.68 Å². The van der Waals surface area contributed by atoms with Crippen molar-refractivity contribution in [2.45, 2.75) is 26.5 Å². The Balaban J connectivity index is 2.06. The van der Waals surface area contributed by atoms with Crippen LogP contribution in [0, 0.1) is 36.5 Å². The molecule has 0 bridgehead atoms. The molecular weight excluding hydrogens is 308 g/mol. The van der Waals surface area contributed by atoms with E-state index in [0.717, 1.165) is 4.68 Å². The highest BCUT2D eigenvalue weighted by Gasteiger charge is 2.14. The molecule has 1 unspecified atom stereocenters. The number of benzene rings is 1. The lowest BCUT2D eigenvalue weighted by atomic mass is 10.1. The molecule has 0 aliphatic heterocycles. The van der Waals surface area contributed by atoms with Crippen LogP contribution in [0.1, 0.15) is 22.4 Å². The van der Waals surface area contributed by atoms with Gasteiger partial charge >= 0.3 is 0 Å². The van der Waals surface area contributed by atoms with Gasteiger partial charge < -0.3 is 9.84 Å². The Hall–Kier alpha value is -3.16. The fourth-order valence-corrected chi connectivity index (χ4v) is 2.10. The Bertz CT molecular complexity index is 873. The minimum atomic E-state index is -0.973. The summed E-state index contributed by atoms with van der Waals surface area (Å²) in [6.07, 6.45) is -0.973. The third-order valence-electron chi connectivity index (χ3n) is 3.56. The molecule has 0 fully saturated rings. The molecule has 0 spiro atoms. The number of aryl methyl sites for hydroxylation is 1. The van der Waals surface area contributed by atoms with Gasteiger partial charge in [-0.1, -0.05) is 0 Å². The molecule has 24 heavy (non-hydrogen) atoms. The van der Waals surface area contributed by atoms with E-state index in [2.05, 4.69) is 5.10 Å². The molecule has 1 aromatic carbocycles. The molecule has 0 aliphatic rings. The van der Waals surface area contributed by atoms with Gasteiger partial charge in [0.1, 0.15) is 30.1 Å². The predicted octanol–water partition coefficient (Wildman–Crippen LogP) is 1.04. The van der Waals surface area contributed by atoms with Crippen LogP contribution in [0.4, 0.5) is 0 Å². The maximum Gasteiger partial charge on any atom is 0.285 e. The highest BCUT2D eigenvalue weighted by Crippen LogP contribution is 2.12. The third kappa shape index (κ3) is 3.78. The largest absolute Gasteiger partial charge is 0.491 e. The van der Waals surface area contributed by atoms with Crippen molar-refractivity contribution in [1.29, 1.82) is 10.5 Å². The van der Waals surface area contributed by atoms with Gasteiger partial charge in [-0.3, -0.25) is 4.79 Å². The van der Waals surface area contributed by atoms with E-state index in [4.69, 9.17) is 15.3 Å². The molecule has 7 nitrogen and oxygen atoms in total. The lowest BCUT2D eigenvalue weighted by molar-refractivity contribution is 0.0877. The number of ether oxygens (including phenoxy) is 1. The first-order chi connectivity index (χ1) is 11.5. The summed E-state index contributed by atoms with van der Waals surface area (Å²) in [6, 6.07) is 10.3. The summed E-state index contributed by atoms with van der Waals surface area (Å²) in [4.78, 5) is 12.1. The van der Waals surface area contributed by atoms with Crippen LogP contribution in [0.3, 0.4) is 0 Å². The maximum absolute atomic E-state index is 12.1. The second kappa shape index (κ2) is 7.40. The summed E-state index contributed by atoms with van der Waals surface area (Å²) >= 11 is 0. The Labute approximate surface area is 139 Å². The van der Waals surface area contributed by atoms with Gasteiger partial charge in [0.15, 0.2) is 0 Å². The van der Waals surface area contributed by atoms with E-state index in [9.17, 15) is 9.90 Å². The lowest BCUT2D eigenvalue weighted by Gasteiger charge is -2.14. The molecular formula is C17H16N4O3. The van der Waals surface area contributed by atoms with Gasteiger partial charge in [-0.2, -0.15) is 15.6 Å². The van der Waals surface area contributed by atoms with Crippen LogP contribution in [0.2, 0.25) is 0 Å². The number of nitrogens with zero attached hydrogens (tertiary/aromatic N) is 4. The second-order valence-electron chi connectivity index (χ2n) is 5.29. The van der Waals surface area contributed by atoms with E-state index in [-0.39, 0.29) is 18.7 Å². The molecule has 0 radical (unpaired) electrons. The van der Waals surface area contributed by atoms with Gasteiger partial charge in [-0.15, -0.1) is 0 Å². The first-order valence-electron chi connectivity index (χ1n) is 7.25. The van der Waals surface area contributed by atoms with Gasteiger partial charge in [0.2, 0.25) is 0 Å². The number of hydrogen-bond acceptors (Lipinski definition) is 6. The fraction of sp³-hybridized carbons (Fsp3) is 0.294. The Morgan fingerprint density at radius 2 is 1.92 bits per heavy atom. The van der Waals surface area contributed by atoms with E-state index in [1.54, 1.807) is 38.1 Å². The Kier molecular flexibility index (Phi) is 5.31. The minimum absolute atomic E-state index is 0.0303. The number of aliphatic hydroxyl groups excluding tert-OH is 1. The SMILES string of the molecule is Cc1nn(CC(O)COc2ccc(C#N)cc2)c(=O)c(C#N)c1C. The summed E-state index contributed by atoms with van der Waals surface area (Å²) in [7, 11) is 0. The van der Waals surface area contributed by atoms with Crippen molar-refractivity contribution in [3.8, 4) is 17.9 Å². The molecule has 2 aromatic rings. The average molecular weight is 324 g/mol. The minimum Gasteiger partial charge on any atom is -0.491 e. The van der Waals surface area contributed by atoms with Gasteiger partial charge in [0.05, 0.1) is 23.9 Å². The van der Waals surface area contributed by atoms with Crippen LogP contribution in [-0.4, -0.2) is 27.6 Å². The number of nitriles is 2. The van der Waals surface area contributed by atoms with Gasteiger partial charge in [0.25, 0.3) is 5.56 Å². The van der Waals surface area contributed by atoms with E-state index in [0.29, 0.717) is 22.6 Å². The molecule has 2 rings (SSSR count). The number of hydrogen-bond donors (Lipinski definition) is 1.